The molecule has 0 saturated heterocycles. The van der Waals surface area contributed by atoms with Gasteiger partial charge in [-0.1, -0.05) is 6.07 Å². The highest BCUT2D eigenvalue weighted by Crippen LogP contribution is 2.28. The number of carbonyl (C=O) groups excluding carboxylic acids is 1. The second kappa shape index (κ2) is 7.42. The number of nitrogens with two attached hydrogens (primary N) is 1. The van der Waals surface area contributed by atoms with E-state index in [0.29, 0.717) is 21.9 Å². The zero-order valence-corrected chi connectivity index (χ0v) is 12.8. The Morgan fingerprint density at radius 3 is 2.82 bits per heavy atom. The highest BCUT2D eigenvalue weighted by molar-refractivity contribution is 8.05. The van der Waals surface area contributed by atoms with E-state index in [4.69, 9.17) is 10.5 Å². The van der Waals surface area contributed by atoms with Crippen LogP contribution < -0.4 is 15.2 Å². The topological polar surface area (TPSA) is 84.6 Å². The number of phenols is 1. The Bertz CT molecular complexity index is 702. The van der Waals surface area contributed by atoms with Crippen molar-refractivity contribution < 1.29 is 14.6 Å². The number of aromatic hydroxyl groups is 1. The molecule has 0 atom stereocenters. The number of hydrogen-bond acceptors (Lipinski definition) is 6. The lowest BCUT2D eigenvalue weighted by molar-refractivity contribution is -0.104. The molecule has 0 fully saturated rings. The van der Waals surface area contributed by atoms with E-state index < -0.39 is 0 Å². The molecule has 0 unspecified atom stereocenters. The van der Waals surface area contributed by atoms with Crippen LogP contribution in [0.2, 0.25) is 0 Å². The van der Waals surface area contributed by atoms with Crippen LogP contribution >= 0.6 is 11.9 Å². The fourth-order valence-corrected chi connectivity index (χ4v) is 2.38. The van der Waals surface area contributed by atoms with Crippen molar-refractivity contribution >= 4 is 35.7 Å². The molecule has 0 saturated carbocycles. The van der Waals surface area contributed by atoms with Crippen molar-refractivity contribution in [2.45, 2.75) is 0 Å². The van der Waals surface area contributed by atoms with E-state index in [1.54, 1.807) is 24.3 Å². The Morgan fingerprint density at radius 2 is 2.14 bits per heavy atom. The third-order valence-corrected chi connectivity index (χ3v) is 3.59. The van der Waals surface area contributed by atoms with Crippen LogP contribution in [0.1, 0.15) is 5.56 Å². The molecular weight excluding hydrogens is 300 g/mol. The number of nitrogen functional groups attached to an aromatic ring is 1. The fraction of sp³-hybridized carbons (Fsp3) is 0.0625. The summed E-state index contributed by atoms with van der Waals surface area (Å²) in [5.74, 6) is 0.594. The monoisotopic (exact) mass is 316 g/mol. The minimum absolute atomic E-state index is 0.104. The Morgan fingerprint density at radius 1 is 1.32 bits per heavy atom. The van der Waals surface area contributed by atoms with E-state index >= 15 is 0 Å². The number of ether oxygens (including phenoxy) is 1. The van der Waals surface area contributed by atoms with E-state index in [1.165, 1.54) is 31.2 Å². The van der Waals surface area contributed by atoms with Crippen molar-refractivity contribution in [3.63, 3.8) is 0 Å². The molecule has 0 aliphatic heterocycles. The van der Waals surface area contributed by atoms with Crippen molar-refractivity contribution in [2.75, 3.05) is 17.6 Å². The normalized spacial score (nSPS) is 11.0. The number of carbonyl (C=O) groups is 1. The van der Waals surface area contributed by atoms with Gasteiger partial charge in [0.15, 0.2) is 6.29 Å². The van der Waals surface area contributed by atoms with E-state index in [0.717, 1.165) is 12.0 Å². The summed E-state index contributed by atoms with van der Waals surface area (Å²) >= 11 is 1.17. The van der Waals surface area contributed by atoms with E-state index in [1.807, 2.05) is 12.1 Å². The summed E-state index contributed by atoms with van der Waals surface area (Å²) in [5.41, 5.74) is 7.84. The van der Waals surface area contributed by atoms with Gasteiger partial charge in [-0.15, -0.1) is 0 Å². The number of aldehydes is 1. The van der Waals surface area contributed by atoms with Gasteiger partial charge >= 0.3 is 0 Å². The number of nitrogens with one attached hydrogen (secondary N) is 1. The molecular formula is C16H16N2O3S. The second-order valence-electron chi connectivity index (χ2n) is 4.42. The smallest absolute Gasteiger partial charge is 0.158 e. The van der Waals surface area contributed by atoms with Crippen LogP contribution in [0, 0.1) is 0 Å². The van der Waals surface area contributed by atoms with Crippen LogP contribution in [0.25, 0.3) is 6.08 Å². The van der Waals surface area contributed by atoms with Crippen LogP contribution in [0.5, 0.6) is 11.5 Å². The van der Waals surface area contributed by atoms with Crippen LogP contribution in [-0.2, 0) is 4.79 Å². The lowest BCUT2D eigenvalue weighted by Crippen LogP contribution is -1.92. The summed E-state index contributed by atoms with van der Waals surface area (Å²) in [6.07, 6.45) is 2.42. The average molecular weight is 316 g/mol. The first-order chi connectivity index (χ1) is 10.6. The minimum atomic E-state index is 0.104. The quantitative estimate of drug-likeness (QED) is 0.328. The van der Waals surface area contributed by atoms with Gasteiger partial charge in [-0.05, 0) is 48.4 Å². The minimum Gasteiger partial charge on any atom is -0.508 e. The number of benzene rings is 2. The summed E-state index contributed by atoms with van der Waals surface area (Å²) in [6, 6.07) is 11.9. The second-order valence-corrected chi connectivity index (χ2v) is 5.30. The van der Waals surface area contributed by atoms with Gasteiger partial charge in [0.2, 0.25) is 0 Å². The lowest BCUT2D eigenvalue weighted by Gasteiger charge is -2.08. The first-order valence-electron chi connectivity index (χ1n) is 6.44. The van der Waals surface area contributed by atoms with Gasteiger partial charge < -0.3 is 20.3 Å². The van der Waals surface area contributed by atoms with Crippen molar-refractivity contribution in [2.24, 2.45) is 0 Å². The molecule has 114 valence electrons. The highest BCUT2D eigenvalue weighted by atomic mass is 32.2. The molecule has 0 radical (unpaired) electrons. The van der Waals surface area contributed by atoms with Gasteiger partial charge in [-0.3, -0.25) is 4.79 Å². The molecule has 2 rings (SSSR count). The zero-order chi connectivity index (χ0) is 15.9. The van der Waals surface area contributed by atoms with Gasteiger partial charge in [-0.2, -0.15) is 0 Å². The molecule has 0 aliphatic carbocycles. The van der Waals surface area contributed by atoms with E-state index in [2.05, 4.69) is 4.72 Å². The Balaban J connectivity index is 2.16. The number of anilines is 2. The first-order valence-corrected chi connectivity index (χ1v) is 7.26. The molecule has 5 nitrogen and oxygen atoms in total. The fourth-order valence-electron chi connectivity index (χ4n) is 1.78. The maximum Gasteiger partial charge on any atom is 0.158 e. The molecule has 0 aliphatic rings. The molecule has 2 aromatic carbocycles. The van der Waals surface area contributed by atoms with Crippen molar-refractivity contribution in [1.29, 1.82) is 0 Å². The third kappa shape index (κ3) is 4.20. The molecule has 0 amide bonds. The van der Waals surface area contributed by atoms with Gasteiger partial charge in [0, 0.05) is 23.0 Å². The molecule has 4 N–H and O–H groups in total. The lowest BCUT2D eigenvalue weighted by atomic mass is 10.2. The van der Waals surface area contributed by atoms with E-state index in [9.17, 15) is 9.90 Å². The SMILES string of the molecule is COc1cc(O)ccc1/C=C(\C=O)SNc1cccc(N)c1. The summed E-state index contributed by atoms with van der Waals surface area (Å²) in [6.45, 7) is 0. The van der Waals surface area contributed by atoms with Crippen molar-refractivity contribution in [3.05, 3.63) is 52.9 Å². The number of rotatable bonds is 6. The van der Waals surface area contributed by atoms with Crippen molar-refractivity contribution in [3.8, 4) is 11.5 Å². The molecule has 2 aromatic rings. The van der Waals surface area contributed by atoms with Crippen molar-refractivity contribution in [1.82, 2.24) is 0 Å². The average Bonchev–Trinajstić information content (AvgIpc) is 2.52. The summed E-state index contributed by atoms with van der Waals surface area (Å²) in [4.78, 5) is 11.7. The standard InChI is InChI=1S/C16H16N2O3S/c1-21-16-9-14(20)6-5-11(16)7-15(10-19)22-18-13-4-2-3-12(17)8-13/h2-10,18,20H,17H2,1H3/b15-7+. The Labute approximate surface area is 132 Å². The maximum atomic E-state index is 11.2. The van der Waals surface area contributed by atoms with Gasteiger partial charge in [0.05, 0.1) is 12.0 Å². The zero-order valence-electron chi connectivity index (χ0n) is 11.9. The molecule has 0 heterocycles. The molecule has 0 aromatic heterocycles. The number of hydrogen-bond donors (Lipinski definition) is 3. The summed E-state index contributed by atoms with van der Waals surface area (Å²) < 4.78 is 8.24. The third-order valence-electron chi connectivity index (χ3n) is 2.80. The van der Waals surface area contributed by atoms with E-state index in [-0.39, 0.29) is 5.75 Å². The van der Waals surface area contributed by atoms with Gasteiger partial charge in [0.1, 0.15) is 11.5 Å². The molecule has 6 heteroatoms. The molecule has 0 spiro atoms. The Kier molecular flexibility index (Phi) is 5.32. The molecule has 0 bridgehead atoms. The van der Waals surface area contributed by atoms with Crippen LogP contribution in [0.4, 0.5) is 11.4 Å². The van der Waals surface area contributed by atoms with Crippen LogP contribution in [0.3, 0.4) is 0 Å². The molecule has 22 heavy (non-hydrogen) atoms. The van der Waals surface area contributed by atoms with Crippen LogP contribution in [0.15, 0.2) is 47.4 Å². The van der Waals surface area contributed by atoms with Crippen LogP contribution in [-0.4, -0.2) is 18.5 Å². The van der Waals surface area contributed by atoms with Gasteiger partial charge in [-0.25, -0.2) is 0 Å². The predicted octanol–water partition coefficient (Wildman–Crippen LogP) is 3.28. The number of phenolic OH excluding ortho intramolecular Hbond substituents is 1. The first kappa shape index (κ1) is 15.8. The number of allylic oxidation sites excluding steroid dienone is 1. The highest BCUT2D eigenvalue weighted by Gasteiger charge is 2.05. The van der Waals surface area contributed by atoms with Gasteiger partial charge in [0.25, 0.3) is 0 Å². The number of methoxy groups -OCH3 is 1. The Hall–Kier alpha value is -2.60. The summed E-state index contributed by atoms with van der Waals surface area (Å²) in [5, 5.41) is 9.44. The summed E-state index contributed by atoms with van der Waals surface area (Å²) in [7, 11) is 1.50. The largest absolute Gasteiger partial charge is 0.508 e. The maximum absolute atomic E-state index is 11.2. The predicted molar refractivity (Wildman–Crippen MR) is 90.8 cm³/mol.